The van der Waals surface area contributed by atoms with Gasteiger partial charge in [0.25, 0.3) is 0 Å². The van der Waals surface area contributed by atoms with Gasteiger partial charge in [-0.25, -0.2) is 0 Å². The fourth-order valence-corrected chi connectivity index (χ4v) is 0. The summed E-state index contributed by atoms with van der Waals surface area (Å²) < 4.78 is 0. The van der Waals surface area contributed by atoms with Crippen LogP contribution in [0.2, 0.25) is 0 Å². The van der Waals surface area contributed by atoms with Gasteiger partial charge in [0.05, 0.1) is 0 Å². The standard InChI is InChI=1S/7Co.6Mo. The van der Waals surface area contributed by atoms with Crippen LogP contribution in [0.15, 0.2) is 0 Å². The molecule has 0 bridgehead atoms. The van der Waals surface area contributed by atoms with Crippen molar-refractivity contribution in [2.24, 2.45) is 0 Å². The smallest absolute Gasteiger partial charge is 0 e. The van der Waals surface area contributed by atoms with E-state index in [4.69, 9.17) is 0 Å². The second kappa shape index (κ2) is 116. The summed E-state index contributed by atoms with van der Waals surface area (Å²) in [4.78, 5) is 0. The van der Waals surface area contributed by atoms with E-state index in [2.05, 4.69) is 0 Å². The zero-order valence-corrected chi connectivity index (χ0v) is 24.1. The first-order chi connectivity index (χ1) is 0. The minimum Gasteiger partial charge on any atom is 0 e. The first kappa shape index (κ1) is 136. The Labute approximate surface area is 238 Å². The monoisotopic (exact) mass is 1000 g/mol. The third-order valence-electron chi connectivity index (χ3n) is 0. The van der Waals surface area contributed by atoms with Gasteiger partial charge in [-0.15, -0.1) is 0 Å². The van der Waals surface area contributed by atoms with E-state index in [1.165, 1.54) is 0 Å². The fourth-order valence-electron chi connectivity index (χ4n) is 0. The maximum absolute atomic E-state index is 0. The molecule has 0 fully saturated rings. The van der Waals surface area contributed by atoms with Crippen molar-refractivity contribution in [1.82, 2.24) is 0 Å². The predicted octanol–water partition coefficient (Wildman–Crippen LogP) is -0.0325. The number of rotatable bonds is 0. The molecule has 0 saturated heterocycles. The van der Waals surface area contributed by atoms with Gasteiger partial charge >= 0.3 is 0 Å². The van der Waals surface area contributed by atoms with Crippen LogP contribution in [-0.2, 0) is 244 Å². The van der Waals surface area contributed by atoms with Crippen molar-refractivity contribution in [3.8, 4) is 0 Å². The maximum atomic E-state index is 0. The van der Waals surface area contributed by atoms with Crippen LogP contribution in [0, 0.1) is 0 Å². The zero-order chi connectivity index (χ0) is 0. The molecule has 0 spiro atoms. The maximum Gasteiger partial charge on any atom is 0 e. The van der Waals surface area contributed by atoms with Crippen LogP contribution >= 0.6 is 0 Å². The van der Waals surface area contributed by atoms with Crippen LogP contribution in [0.4, 0.5) is 0 Å². The molecular formula is Co7Mo6. The van der Waals surface area contributed by atoms with Gasteiger partial charge in [0, 0.05) is 244 Å². The van der Waals surface area contributed by atoms with Crippen molar-refractivity contribution >= 4 is 0 Å². The van der Waals surface area contributed by atoms with E-state index in [1.807, 2.05) is 0 Å². The van der Waals surface area contributed by atoms with Crippen LogP contribution < -0.4 is 0 Å². The average molecular weight is 988 g/mol. The number of hydrogen-bond acceptors (Lipinski definition) is 0. The Balaban J connectivity index is 0. The molecule has 0 aromatic carbocycles. The summed E-state index contributed by atoms with van der Waals surface area (Å²) in [6.07, 6.45) is 0. The molecule has 0 amide bonds. The SMILES string of the molecule is [Co].[Co].[Co].[Co].[Co].[Co].[Co].[Mo].[Mo].[Mo].[Mo].[Mo].[Mo]. The summed E-state index contributed by atoms with van der Waals surface area (Å²) >= 11 is 0. The number of hydrogen-bond donors (Lipinski definition) is 0. The molecule has 0 saturated carbocycles. The summed E-state index contributed by atoms with van der Waals surface area (Å²) in [5.41, 5.74) is 0. The Hall–Kier alpha value is 7.68. The molecule has 0 aromatic heterocycles. The Kier molecular flexibility index (Phi) is 1220. The van der Waals surface area contributed by atoms with Gasteiger partial charge in [0.2, 0.25) is 0 Å². The summed E-state index contributed by atoms with van der Waals surface area (Å²) in [5.74, 6) is 0. The fraction of sp³-hybridized carbons (Fsp3) is 0. The second-order valence-corrected chi connectivity index (χ2v) is 0. The summed E-state index contributed by atoms with van der Waals surface area (Å²) in [5, 5.41) is 0. The summed E-state index contributed by atoms with van der Waals surface area (Å²) in [6.45, 7) is 0. The van der Waals surface area contributed by atoms with Gasteiger partial charge in [-0.05, 0) is 0 Å². The van der Waals surface area contributed by atoms with Crippen LogP contribution in [0.5, 0.6) is 0 Å². The van der Waals surface area contributed by atoms with Crippen LogP contribution in [0.25, 0.3) is 0 Å². The largest absolute Gasteiger partial charge is 0 e. The van der Waals surface area contributed by atoms with Crippen molar-refractivity contribution in [3.63, 3.8) is 0 Å². The van der Waals surface area contributed by atoms with Crippen molar-refractivity contribution in [1.29, 1.82) is 0 Å². The molecule has 0 aliphatic heterocycles. The first-order valence-corrected chi connectivity index (χ1v) is 0. The van der Waals surface area contributed by atoms with E-state index >= 15 is 0 Å². The van der Waals surface area contributed by atoms with Crippen LogP contribution in [0.1, 0.15) is 0 Å². The van der Waals surface area contributed by atoms with Crippen molar-refractivity contribution in [3.05, 3.63) is 0 Å². The first-order valence-electron chi connectivity index (χ1n) is 0. The molecule has 0 N–H and O–H groups in total. The quantitative estimate of drug-likeness (QED) is 0.300. The van der Waals surface area contributed by atoms with E-state index in [9.17, 15) is 0 Å². The Bertz CT molecular complexity index is 12.9. The van der Waals surface area contributed by atoms with Gasteiger partial charge in [-0.3, -0.25) is 0 Å². The Morgan fingerprint density at radius 3 is 0.154 bits per heavy atom. The predicted molar refractivity (Wildman–Crippen MR) is 0 cm³/mol. The second-order valence-electron chi connectivity index (χ2n) is 0. The molecule has 99 valence electrons. The van der Waals surface area contributed by atoms with Gasteiger partial charge in [0.1, 0.15) is 0 Å². The van der Waals surface area contributed by atoms with Gasteiger partial charge in [0.15, 0.2) is 0 Å². The van der Waals surface area contributed by atoms with Gasteiger partial charge in [-0.2, -0.15) is 0 Å². The van der Waals surface area contributed by atoms with Crippen molar-refractivity contribution in [2.75, 3.05) is 0 Å². The third kappa shape index (κ3) is 104. The van der Waals surface area contributed by atoms with Crippen molar-refractivity contribution in [2.45, 2.75) is 0 Å². The molecule has 0 aromatic rings. The summed E-state index contributed by atoms with van der Waals surface area (Å²) in [7, 11) is 0. The third-order valence-corrected chi connectivity index (χ3v) is 0. The van der Waals surface area contributed by atoms with Gasteiger partial charge in [-0.1, -0.05) is 0 Å². The molecule has 0 rings (SSSR count). The van der Waals surface area contributed by atoms with E-state index in [0.29, 0.717) is 0 Å². The van der Waals surface area contributed by atoms with Crippen molar-refractivity contribution < 1.29 is 244 Å². The van der Waals surface area contributed by atoms with E-state index in [-0.39, 0.29) is 244 Å². The van der Waals surface area contributed by atoms with E-state index in [1.54, 1.807) is 0 Å². The normalized spacial score (nSPS) is 0. The average Bonchev–Trinajstić information content (AvgIpc) is 0. The van der Waals surface area contributed by atoms with E-state index < -0.39 is 0 Å². The molecule has 0 unspecified atom stereocenters. The Morgan fingerprint density at radius 1 is 0.154 bits per heavy atom. The van der Waals surface area contributed by atoms with E-state index in [0.717, 1.165) is 0 Å². The molecule has 0 atom stereocenters. The molecule has 7 radical (unpaired) electrons. The molecule has 0 heterocycles. The topological polar surface area (TPSA) is 0 Å². The Morgan fingerprint density at radius 2 is 0.154 bits per heavy atom. The van der Waals surface area contributed by atoms with Gasteiger partial charge < -0.3 is 0 Å². The molecule has 0 nitrogen and oxygen atoms in total. The molecule has 13 heavy (non-hydrogen) atoms. The molecule has 0 aliphatic rings. The van der Waals surface area contributed by atoms with Crippen LogP contribution in [-0.4, -0.2) is 0 Å². The molecule has 0 aliphatic carbocycles. The molecular weight excluding hydrogens is 988 g/mol. The zero-order valence-electron chi connectivity index (χ0n) is 4.78. The molecule has 13 heteroatoms. The minimum absolute atomic E-state index is 0. The minimum atomic E-state index is 0. The summed E-state index contributed by atoms with van der Waals surface area (Å²) in [6, 6.07) is 0. The van der Waals surface area contributed by atoms with Crippen LogP contribution in [0.3, 0.4) is 0 Å².